The highest BCUT2D eigenvalue weighted by Crippen LogP contribution is 2.57. The molecule has 0 spiro atoms. The van der Waals surface area contributed by atoms with Gasteiger partial charge in [-0.1, -0.05) is 29.8 Å². The number of aromatic amines is 1. The van der Waals surface area contributed by atoms with Crippen molar-refractivity contribution < 1.29 is 4.74 Å². The maximum Gasteiger partial charge on any atom is 0.197 e. The van der Waals surface area contributed by atoms with Crippen LogP contribution in [0.4, 0.5) is 11.4 Å². The van der Waals surface area contributed by atoms with E-state index in [0.29, 0.717) is 10.8 Å². The summed E-state index contributed by atoms with van der Waals surface area (Å²) in [5, 5.41) is 4.94. The van der Waals surface area contributed by atoms with Crippen LogP contribution in [0.5, 0.6) is 0 Å². The van der Waals surface area contributed by atoms with Gasteiger partial charge in [0.15, 0.2) is 5.43 Å². The third-order valence-electron chi connectivity index (χ3n) is 5.46. The lowest BCUT2D eigenvalue weighted by molar-refractivity contribution is 0.377. The standard InChI is InChI=1S/C22H16N2O2/c1-11-6-7-17-14(8-11)21-22(26-21)15-10-18-13(9-19(15)24-17)20(25)12-4-2-3-5-16(12)23-18/h2-10,21-22,24H,1H3,(H,23,25). The molecule has 0 bridgehead atoms. The van der Waals surface area contributed by atoms with Crippen molar-refractivity contribution in [3.63, 3.8) is 0 Å². The third-order valence-corrected chi connectivity index (χ3v) is 5.46. The van der Waals surface area contributed by atoms with E-state index >= 15 is 0 Å². The maximum atomic E-state index is 13.0. The molecular formula is C22H16N2O2. The van der Waals surface area contributed by atoms with Gasteiger partial charge in [0.05, 0.1) is 5.52 Å². The number of rotatable bonds is 0. The molecule has 3 aromatic carbocycles. The summed E-state index contributed by atoms with van der Waals surface area (Å²) in [5.74, 6) is 0. The van der Waals surface area contributed by atoms with Crippen molar-refractivity contribution in [1.82, 2.24) is 4.98 Å². The molecule has 2 aliphatic rings. The number of para-hydroxylation sites is 1. The Morgan fingerprint density at radius 2 is 1.65 bits per heavy atom. The quantitative estimate of drug-likeness (QED) is 0.355. The van der Waals surface area contributed by atoms with Gasteiger partial charge in [-0.25, -0.2) is 0 Å². The second-order valence-corrected chi connectivity index (χ2v) is 7.18. The van der Waals surface area contributed by atoms with Gasteiger partial charge in [0.1, 0.15) is 12.2 Å². The molecule has 1 saturated heterocycles. The smallest absolute Gasteiger partial charge is 0.197 e. The molecule has 4 heteroatoms. The van der Waals surface area contributed by atoms with Gasteiger partial charge in [-0.15, -0.1) is 0 Å². The van der Waals surface area contributed by atoms with Crippen LogP contribution in [0.1, 0.15) is 28.9 Å². The van der Waals surface area contributed by atoms with Gasteiger partial charge < -0.3 is 15.0 Å². The van der Waals surface area contributed by atoms with Gasteiger partial charge in [0, 0.05) is 38.8 Å². The number of epoxide rings is 1. The van der Waals surface area contributed by atoms with Gasteiger partial charge in [0.2, 0.25) is 0 Å². The summed E-state index contributed by atoms with van der Waals surface area (Å²) in [7, 11) is 0. The lowest BCUT2D eigenvalue weighted by Gasteiger charge is -2.13. The van der Waals surface area contributed by atoms with Crippen LogP contribution in [0.3, 0.4) is 0 Å². The van der Waals surface area contributed by atoms with E-state index in [4.69, 9.17) is 4.74 Å². The second kappa shape index (κ2) is 4.74. The van der Waals surface area contributed by atoms with Crippen molar-refractivity contribution in [1.29, 1.82) is 0 Å². The zero-order chi connectivity index (χ0) is 17.4. The Morgan fingerprint density at radius 1 is 0.846 bits per heavy atom. The highest BCUT2D eigenvalue weighted by atomic mass is 16.6. The summed E-state index contributed by atoms with van der Waals surface area (Å²) in [4.78, 5) is 16.4. The van der Waals surface area contributed by atoms with Crippen LogP contribution in [0.25, 0.3) is 21.8 Å². The summed E-state index contributed by atoms with van der Waals surface area (Å²) in [5.41, 5.74) is 7.28. The predicted octanol–water partition coefficient (Wildman–Crippen LogP) is 4.86. The molecule has 2 unspecified atom stereocenters. The van der Waals surface area contributed by atoms with Crippen molar-refractivity contribution in [2.75, 3.05) is 5.32 Å². The minimum atomic E-state index is 0.0416. The normalized spacial score (nSPS) is 20.0. The number of hydrogen-bond acceptors (Lipinski definition) is 3. The molecular weight excluding hydrogens is 324 g/mol. The lowest BCUT2D eigenvalue weighted by Crippen LogP contribution is -2.06. The van der Waals surface area contributed by atoms with Gasteiger partial charge >= 0.3 is 0 Å². The van der Waals surface area contributed by atoms with Crippen LogP contribution in [0, 0.1) is 6.92 Å². The first-order valence-electron chi connectivity index (χ1n) is 8.81. The number of H-pyrrole nitrogens is 1. The van der Waals surface area contributed by atoms with Crippen LogP contribution in [0.2, 0.25) is 0 Å². The Bertz CT molecular complexity index is 1290. The molecule has 0 aliphatic carbocycles. The van der Waals surface area contributed by atoms with Crippen LogP contribution in [-0.2, 0) is 4.74 Å². The van der Waals surface area contributed by atoms with Crippen molar-refractivity contribution in [3.8, 4) is 0 Å². The first-order valence-corrected chi connectivity index (χ1v) is 8.81. The molecule has 26 heavy (non-hydrogen) atoms. The molecule has 0 saturated carbocycles. The Kier molecular flexibility index (Phi) is 2.57. The second-order valence-electron chi connectivity index (χ2n) is 7.18. The molecule has 4 aromatic rings. The van der Waals surface area contributed by atoms with Crippen molar-refractivity contribution >= 4 is 33.2 Å². The lowest BCUT2D eigenvalue weighted by atomic mass is 10.0. The minimum absolute atomic E-state index is 0.0416. The largest absolute Gasteiger partial charge is 0.359 e. The average molecular weight is 340 g/mol. The molecule has 2 atom stereocenters. The minimum Gasteiger partial charge on any atom is -0.359 e. The number of benzene rings is 3. The Hall–Kier alpha value is -3.11. The molecule has 2 aliphatic heterocycles. The molecule has 0 amide bonds. The summed E-state index contributed by atoms with van der Waals surface area (Å²) < 4.78 is 6.00. The Morgan fingerprint density at radius 3 is 2.54 bits per heavy atom. The molecule has 1 fully saturated rings. The number of aryl methyl sites for hydroxylation is 1. The van der Waals surface area contributed by atoms with E-state index < -0.39 is 0 Å². The topological polar surface area (TPSA) is 57.4 Å². The van der Waals surface area contributed by atoms with Crippen molar-refractivity contribution in [2.24, 2.45) is 0 Å². The summed E-state index contributed by atoms with van der Waals surface area (Å²) >= 11 is 0. The number of pyridine rings is 1. The number of fused-ring (bicyclic) bond motifs is 7. The zero-order valence-corrected chi connectivity index (χ0v) is 14.2. The predicted molar refractivity (Wildman–Crippen MR) is 103 cm³/mol. The molecule has 1 aromatic heterocycles. The number of hydrogen-bond donors (Lipinski definition) is 2. The summed E-state index contributed by atoms with van der Waals surface area (Å²) in [6.45, 7) is 2.09. The number of ether oxygens (including phenoxy) is 1. The van der Waals surface area contributed by atoms with E-state index in [0.717, 1.165) is 28.0 Å². The van der Waals surface area contributed by atoms with Crippen molar-refractivity contribution in [2.45, 2.75) is 19.1 Å². The zero-order valence-electron chi connectivity index (χ0n) is 14.2. The number of nitrogens with one attached hydrogen (secondary N) is 2. The number of anilines is 2. The molecule has 4 nitrogen and oxygen atoms in total. The fraction of sp³-hybridized carbons (Fsp3) is 0.136. The third kappa shape index (κ3) is 1.85. The average Bonchev–Trinajstić information content (AvgIpc) is 3.44. The van der Waals surface area contributed by atoms with E-state index in [9.17, 15) is 4.79 Å². The molecule has 2 N–H and O–H groups in total. The summed E-state index contributed by atoms with van der Waals surface area (Å²) in [6, 6.07) is 18.0. The highest BCUT2D eigenvalue weighted by molar-refractivity contribution is 5.95. The van der Waals surface area contributed by atoms with E-state index in [1.54, 1.807) is 0 Å². The van der Waals surface area contributed by atoms with E-state index in [2.05, 4.69) is 41.5 Å². The molecule has 3 heterocycles. The van der Waals surface area contributed by atoms with Gasteiger partial charge in [-0.2, -0.15) is 0 Å². The summed E-state index contributed by atoms with van der Waals surface area (Å²) in [6.07, 6.45) is 0.128. The monoisotopic (exact) mass is 340 g/mol. The van der Waals surface area contributed by atoms with E-state index in [1.807, 2.05) is 30.3 Å². The number of aromatic nitrogens is 1. The maximum absolute atomic E-state index is 13.0. The Labute approximate surface area is 149 Å². The van der Waals surface area contributed by atoms with Crippen LogP contribution in [0.15, 0.2) is 59.4 Å². The fourth-order valence-electron chi connectivity index (χ4n) is 4.09. The van der Waals surface area contributed by atoms with E-state index in [-0.39, 0.29) is 17.6 Å². The first-order chi connectivity index (χ1) is 12.7. The van der Waals surface area contributed by atoms with Gasteiger partial charge in [0.25, 0.3) is 0 Å². The molecule has 6 rings (SSSR count). The fourth-order valence-corrected chi connectivity index (χ4v) is 4.09. The first kappa shape index (κ1) is 14.1. The van der Waals surface area contributed by atoms with Crippen LogP contribution in [-0.4, -0.2) is 4.98 Å². The van der Waals surface area contributed by atoms with Crippen molar-refractivity contribution in [3.05, 3.63) is 81.5 Å². The van der Waals surface area contributed by atoms with Crippen LogP contribution < -0.4 is 10.7 Å². The molecule has 0 radical (unpaired) electrons. The van der Waals surface area contributed by atoms with Gasteiger partial charge in [-0.05, 0) is 37.3 Å². The SMILES string of the molecule is Cc1ccc2c(c1)C1OC1c1cc3[nH]c4ccccc4c(=O)c3cc1N2. The van der Waals surface area contributed by atoms with Crippen LogP contribution >= 0.6 is 0 Å². The van der Waals surface area contributed by atoms with E-state index in [1.165, 1.54) is 11.1 Å². The Balaban J connectivity index is 1.64. The van der Waals surface area contributed by atoms with Gasteiger partial charge in [-0.3, -0.25) is 4.79 Å². The highest BCUT2D eigenvalue weighted by Gasteiger charge is 2.46. The molecule has 126 valence electrons.